The molecule has 3 nitrogen and oxygen atoms in total. The van der Waals surface area contributed by atoms with Gasteiger partial charge in [0.2, 0.25) is 5.78 Å². The second-order valence-electron chi connectivity index (χ2n) is 2.99. The number of ketones is 1. The molecule has 0 bridgehead atoms. The fraction of sp³-hybridized carbons (Fsp3) is 0.182. The van der Waals surface area contributed by atoms with Crippen LogP contribution in [0.15, 0.2) is 18.2 Å². The van der Waals surface area contributed by atoms with Crippen LogP contribution in [0.5, 0.6) is 0 Å². The summed E-state index contributed by atoms with van der Waals surface area (Å²) < 4.78 is 0. The summed E-state index contributed by atoms with van der Waals surface area (Å²) in [5.41, 5.74) is 6.85. The SMILES string of the molecule is [CH2]c1cccc(C(=O)C(N)=O)c1CC. The molecule has 0 unspecified atom stereocenters. The van der Waals surface area contributed by atoms with Crippen LogP contribution >= 0.6 is 0 Å². The quantitative estimate of drug-likeness (QED) is 0.573. The molecule has 0 heterocycles. The van der Waals surface area contributed by atoms with Crippen molar-refractivity contribution in [2.45, 2.75) is 13.3 Å². The predicted octanol–water partition coefficient (Wildman–Crippen LogP) is 1.10. The van der Waals surface area contributed by atoms with E-state index in [2.05, 4.69) is 6.92 Å². The van der Waals surface area contributed by atoms with Crippen LogP contribution in [0, 0.1) is 6.92 Å². The summed E-state index contributed by atoms with van der Waals surface area (Å²) in [7, 11) is 0. The normalized spacial score (nSPS) is 9.86. The smallest absolute Gasteiger partial charge is 0.289 e. The Morgan fingerprint density at radius 1 is 1.43 bits per heavy atom. The summed E-state index contributed by atoms with van der Waals surface area (Å²) in [6.45, 7) is 5.69. The molecule has 1 radical (unpaired) electrons. The number of amides is 1. The number of primary amides is 1. The van der Waals surface area contributed by atoms with Gasteiger partial charge in [0.05, 0.1) is 0 Å². The molecule has 0 aliphatic carbocycles. The molecule has 0 saturated carbocycles. The molecule has 14 heavy (non-hydrogen) atoms. The molecular formula is C11H12NO2. The number of Topliss-reactive ketones (excluding diaryl/α,β-unsaturated/α-hetero) is 1. The molecule has 0 fully saturated rings. The molecule has 0 aliphatic rings. The van der Waals surface area contributed by atoms with Crippen LogP contribution in [-0.2, 0) is 11.2 Å². The van der Waals surface area contributed by atoms with Crippen LogP contribution < -0.4 is 5.73 Å². The van der Waals surface area contributed by atoms with E-state index in [1.807, 2.05) is 6.92 Å². The van der Waals surface area contributed by atoms with Gasteiger partial charge in [-0.3, -0.25) is 9.59 Å². The molecule has 2 N–H and O–H groups in total. The minimum Gasteiger partial charge on any atom is -0.363 e. The van der Waals surface area contributed by atoms with Crippen LogP contribution in [-0.4, -0.2) is 11.7 Å². The number of rotatable bonds is 3. The van der Waals surface area contributed by atoms with Gasteiger partial charge in [-0.15, -0.1) is 0 Å². The van der Waals surface area contributed by atoms with Crippen molar-refractivity contribution in [1.82, 2.24) is 0 Å². The van der Waals surface area contributed by atoms with Crippen molar-refractivity contribution >= 4 is 11.7 Å². The van der Waals surface area contributed by atoms with Gasteiger partial charge >= 0.3 is 0 Å². The zero-order chi connectivity index (χ0) is 10.7. The molecule has 0 atom stereocenters. The van der Waals surface area contributed by atoms with Gasteiger partial charge in [0.25, 0.3) is 5.91 Å². The summed E-state index contributed by atoms with van der Waals surface area (Å²) >= 11 is 0. The topological polar surface area (TPSA) is 60.2 Å². The van der Waals surface area contributed by atoms with Crippen molar-refractivity contribution < 1.29 is 9.59 Å². The Kier molecular flexibility index (Phi) is 3.02. The van der Waals surface area contributed by atoms with Crippen molar-refractivity contribution in [2.75, 3.05) is 0 Å². The van der Waals surface area contributed by atoms with Crippen LogP contribution in [0.2, 0.25) is 0 Å². The number of carbonyl (C=O) groups is 2. The van der Waals surface area contributed by atoms with E-state index >= 15 is 0 Å². The standard InChI is InChI=1S/C11H12NO2/c1-3-8-7(2)5-4-6-9(8)10(13)11(12)14/h4-6H,2-3H2,1H3,(H2,12,14). The lowest BCUT2D eigenvalue weighted by Crippen LogP contribution is -2.24. The summed E-state index contributed by atoms with van der Waals surface area (Å²) in [4.78, 5) is 22.1. The molecule has 0 aromatic heterocycles. The van der Waals surface area contributed by atoms with Gasteiger partial charge < -0.3 is 5.73 Å². The second-order valence-corrected chi connectivity index (χ2v) is 2.99. The molecule has 0 spiro atoms. The maximum atomic E-state index is 11.4. The fourth-order valence-corrected chi connectivity index (χ4v) is 1.40. The Hall–Kier alpha value is -1.64. The lowest BCUT2D eigenvalue weighted by Gasteiger charge is -2.07. The minimum absolute atomic E-state index is 0.368. The van der Waals surface area contributed by atoms with Crippen LogP contribution in [0.3, 0.4) is 0 Å². The third kappa shape index (κ3) is 1.82. The maximum Gasteiger partial charge on any atom is 0.289 e. The van der Waals surface area contributed by atoms with Crippen LogP contribution in [0.1, 0.15) is 28.4 Å². The van der Waals surface area contributed by atoms with E-state index in [0.29, 0.717) is 12.0 Å². The van der Waals surface area contributed by atoms with Gasteiger partial charge in [0.15, 0.2) is 0 Å². The summed E-state index contributed by atoms with van der Waals surface area (Å²) in [6.07, 6.45) is 0.661. The molecule has 3 heteroatoms. The average molecular weight is 190 g/mol. The van der Waals surface area contributed by atoms with Crippen molar-refractivity contribution in [3.63, 3.8) is 0 Å². The lowest BCUT2D eigenvalue weighted by molar-refractivity contribution is -0.114. The monoisotopic (exact) mass is 190 g/mol. The highest BCUT2D eigenvalue weighted by Gasteiger charge is 2.16. The van der Waals surface area contributed by atoms with Crippen molar-refractivity contribution in [1.29, 1.82) is 0 Å². The fourth-order valence-electron chi connectivity index (χ4n) is 1.40. The number of benzene rings is 1. The Bertz CT molecular complexity index is 383. The summed E-state index contributed by atoms with van der Waals surface area (Å²) in [5.74, 6) is -1.57. The van der Waals surface area contributed by atoms with Crippen molar-refractivity contribution in [3.05, 3.63) is 41.8 Å². The predicted molar refractivity (Wildman–Crippen MR) is 53.8 cm³/mol. The van der Waals surface area contributed by atoms with E-state index in [1.54, 1.807) is 18.2 Å². The van der Waals surface area contributed by atoms with E-state index in [9.17, 15) is 9.59 Å². The molecule has 1 aromatic rings. The van der Waals surface area contributed by atoms with Gasteiger partial charge in [-0.2, -0.15) is 0 Å². The van der Waals surface area contributed by atoms with Gasteiger partial charge in [0.1, 0.15) is 0 Å². The minimum atomic E-state index is -0.926. The van der Waals surface area contributed by atoms with E-state index in [0.717, 1.165) is 11.1 Å². The number of hydrogen-bond acceptors (Lipinski definition) is 2. The van der Waals surface area contributed by atoms with Crippen LogP contribution in [0.25, 0.3) is 0 Å². The third-order valence-electron chi connectivity index (χ3n) is 2.10. The number of nitrogens with two attached hydrogens (primary N) is 1. The highest BCUT2D eigenvalue weighted by Crippen LogP contribution is 2.15. The third-order valence-corrected chi connectivity index (χ3v) is 2.10. The van der Waals surface area contributed by atoms with Gasteiger partial charge in [-0.05, 0) is 24.5 Å². The molecule has 1 amide bonds. The van der Waals surface area contributed by atoms with E-state index in [-0.39, 0.29) is 0 Å². The van der Waals surface area contributed by atoms with Crippen molar-refractivity contribution in [2.24, 2.45) is 5.73 Å². The van der Waals surface area contributed by atoms with E-state index < -0.39 is 11.7 Å². The van der Waals surface area contributed by atoms with E-state index in [4.69, 9.17) is 5.73 Å². The zero-order valence-corrected chi connectivity index (χ0v) is 8.04. The molecule has 1 rings (SSSR count). The largest absolute Gasteiger partial charge is 0.363 e. The first kappa shape index (κ1) is 10.4. The zero-order valence-electron chi connectivity index (χ0n) is 8.04. The highest BCUT2D eigenvalue weighted by molar-refractivity contribution is 6.42. The first-order valence-corrected chi connectivity index (χ1v) is 4.36. The molecular weight excluding hydrogens is 178 g/mol. The summed E-state index contributed by atoms with van der Waals surface area (Å²) in [6, 6.07) is 5.09. The summed E-state index contributed by atoms with van der Waals surface area (Å²) in [5, 5.41) is 0. The second kappa shape index (κ2) is 4.05. The molecule has 73 valence electrons. The Labute approximate surface area is 82.9 Å². The highest BCUT2D eigenvalue weighted by atomic mass is 16.2. The van der Waals surface area contributed by atoms with Crippen LogP contribution in [0.4, 0.5) is 0 Å². The van der Waals surface area contributed by atoms with Gasteiger partial charge in [0, 0.05) is 5.56 Å². The van der Waals surface area contributed by atoms with E-state index in [1.165, 1.54) is 0 Å². The number of hydrogen-bond donors (Lipinski definition) is 1. The first-order chi connectivity index (χ1) is 6.57. The maximum absolute atomic E-state index is 11.4. The Balaban J connectivity index is 3.27. The Morgan fingerprint density at radius 3 is 2.57 bits per heavy atom. The van der Waals surface area contributed by atoms with Gasteiger partial charge in [-0.1, -0.05) is 25.1 Å². The van der Waals surface area contributed by atoms with Crippen molar-refractivity contribution in [3.8, 4) is 0 Å². The number of carbonyl (C=O) groups excluding carboxylic acids is 2. The average Bonchev–Trinajstić information content (AvgIpc) is 2.16. The lowest BCUT2D eigenvalue weighted by atomic mass is 9.97. The first-order valence-electron chi connectivity index (χ1n) is 4.36. The van der Waals surface area contributed by atoms with Gasteiger partial charge in [-0.25, -0.2) is 0 Å². The molecule has 0 aliphatic heterocycles. The Morgan fingerprint density at radius 2 is 2.07 bits per heavy atom. The molecule has 1 aromatic carbocycles. The molecule has 0 saturated heterocycles.